The lowest BCUT2D eigenvalue weighted by Crippen LogP contribution is -2.49. The lowest BCUT2D eigenvalue weighted by atomic mass is 9.98. The van der Waals surface area contributed by atoms with Crippen molar-refractivity contribution in [3.63, 3.8) is 0 Å². The first-order chi connectivity index (χ1) is 7.64. The predicted octanol–water partition coefficient (Wildman–Crippen LogP) is 0.302. The number of hydrogen-bond acceptors (Lipinski definition) is 4. The average Bonchev–Trinajstić information content (AvgIpc) is 2.84. The van der Waals surface area contributed by atoms with Crippen LogP contribution in [0.25, 0.3) is 0 Å². The van der Waals surface area contributed by atoms with Crippen molar-refractivity contribution in [1.29, 1.82) is 0 Å². The summed E-state index contributed by atoms with van der Waals surface area (Å²) < 4.78 is 1.79. The standard InChI is InChI=1S/C10H16N4O2/c1-14-7-12-13-8(14)6-11-10(9(15)16)4-2-3-5-10/h7,11H,2-6H2,1H3,(H,15,16). The molecule has 0 saturated heterocycles. The van der Waals surface area contributed by atoms with E-state index >= 15 is 0 Å². The maximum Gasteiger partial charge on any atom is 0.323 e. The molecule has 2 N–H and O–H groups in total. The summed E-state index contributed by atoms with van der Waals surface area (Å²) in [5, 5.41) is 20.1. The second kappa shape index (κ2) is 4.21. The summed E-state index contributed by atoms with van der Waals surface area (Å²) in [4.78, 5) is 11.3. The van der Waals surface area contributed by atoms with Crippen LogP contribution in [0.3, 0.4) is 0 Å². The molecule has 0 amide bonds. The number of carboxylic acids is 1. The van der Waals surface area contributed by atoms with Crippen LogP contribution in [0.5, 0.6) is 0 Å². The molecule has 0 bridgehead atoms. The van der Waals surface area contributed by atoms with Crippen LogP contribution < -0.4 is 5.32 Å². The van der Waals surface area contributed by atoms with Crippen molar-refractivity contribution in [3.8, 4) is 0 Å². The first-order valence-electron chi connectivity index (χ1n) is 5.45. The molecule has 1 fully saturated rings. The van der Waals surface area contributed by atoms with E-state index in [2.05, 4.69) is 15.5 Å². The first-order valence-corrected chi connectivity index (χ1v) is 5.45. The van der Waals surface area contributed by atoms with Gasteiger partial charge in [0.05, 0.1) is 6.54 Å². The Hall–Kier alpha value is -1.43. The van der Waals surface area contributed by atoms with Crippen molar-refractivity contribution in [2.75, 3.05) is 0 Å². The highest BCUT2D eigenvalue weighted by molar-refractivity contribution is 5.79. The van der Waals surface area contributed by atoms with Crippen molar-refractivity contribution in [1.82, 2.24) is 20.1 Å². The van der Waals surface area contributed by atoms with Gasteiger partial charge in [-0.05, 0) is 12.8 Å². The van der Waals surface area contributed by atoms with E-state index in [1.807, 2.05) is 7.05 Å². The van der Waals surface area contributed by atoms with Crippen LogP contribution in [0.15, 0.2) is 6.33 Å². The molecular weight excluding hydrogens is 208 g/mol. The molecule has 1 aromatic rings. The molecule has 16 heavy (non-hydrogen) atoms. The van der Waals surface area contributed by atoms with Crippen molar-refractivity contribution in [2.45, 2.75) is 37.8 Å². The monoisotopic (exact) mass is 224 g/mol. The summed E-state index contributed by atoms with van der Waals surface area (Å²) in [6, 6.07) is 0. The topological polar surface area (TPSA) is 80.0 Å². The van der Waals surface area contributed by atoms with Gasteiger partial charge in [0.25, 0.3) is 0 Å². The predicted molar refractivity (Wildman–Crippen MR) is 56.7 cm³/mol. The zero-order chi connectivity index (χ0) is 11.6. The summed E-state index contributed by atoms with van der Waals surface area (Å²) in [7, 11) is 1.85. The Morgan fingerprint density at radius 2 is 2.31 bits per heavy atom. The SMILES string of the molecule is Cn1cnnc1CNC1(C(=O)O)CCCC1. The summed E-state index contributed by atoms with van der Waals surface area (Å²) in [6.45, 7) is 0.447. The molecular formula is C10H16N4O2. The highest BCUT2D eigenvalue weighted by atomic mass is 16.4. The molecule has 0 atom stereocenters. The molecule has 1 aliphatic rings. The third kappa shape index (κ3) is 1.92. The summed E-state index contributed by atoms with van der Waals surface area (Å²) in [5.74, 6) is -0.000284. The maximum atomic E-state index is 11.3. The van der Waals surface area contributed by atoms with Gasteiger partial charge < -0.3 is 9.67 Å². The summed E-state index contributed by atoms with van der Waals surface area (Å²) in [6.07, 6.45) is 4.94. The van der Waals surface area contributed by atoms with Gasteiger partial charge in [-0.3, -0.25) is 10.1 Å². The van der Waals surface area contributed by atoms with E-state index in [4.69, 9.17) is 0 Å². The smallest absolute Gasteiger partial charge is 0.323 e. The van der Waals surface area contributed by atoms with Gasteiger partial charge in [-0.15, -0.1) is 10.2 Å². The van der Waals surface area contributed by atoms with Crippen molar-refractivity contribution >= 4 is 5.97 Å². The van der Waals surface area contributed by atoms with Crippen LogP contribution in [0.2, 0.25) is 0 Å². The number of aliphatic carboxylic acids is 1. The van der Waals surface area contributed by atoms with Gasteiger partial charge in [-0.2, -0.15) is 0 Å². The minimum Gasteiger partial charge on any atom is -0.480 e. The summed E-state index contributed by atoms with van der Waals surface area (Å²) in [5.41, 5.74) is -0.758. The first kappa shape index (κ1) is 11.1. The van der Waals surface area contributed by atoms with Crippen molar-refractivity contribution in [3.05, 3.63) is 12.2 Å². The number of aromatic nitrogens is 3. The normalized spacial score (nSPS) is 18.8. The average molecular weight is 224 g/mol. The van der Waals surface area contributed by atoms with E-state index in [1.165, 1.54) is 0 Å². The van der Waals surface area contributed by atoms with Gasteiger partial charge in [0.2, 0.25) is 0 Å². The van der Waals surface area contributed by atoms with Crippen molar-refractivity contribution in [2.24, 2.45) is 7.05 Å². The third-order valence-corrected chi connectivity index (χ3v) is 3.26. The maximum absolute atomic E-state index is 11.3. The molecule has 1 saturated carbocycles. The molecule has 2 rings (SSSR count). The fraction of sp³-hybridized carbons (Fsp3) is 0.700. The Bertz CT molecular complexity index is 382. The largest absolute Gasteiger partial charge is 0.480 e. The lowest BCUT2D eigenvalue weighted by Gasteiger charge is -2.24. The van der Waals surface area contributed by atoms with Gasteiger partial charge in [0.1, 0.15) is 17.7 Å². The summed E-state index contributed by atoms with van der Waals surface area (Å²) >= 11 is 0. The van der Waals surface area contributed by atoms with Crippen LogP contribution in [0.4, 0.5) is 0 Å². The van der Waals surface area contributed by atoms with Crippen LogP contribution in [0, 0.1) is 0 Å². The van der Waals surface area contributed by atoms with Gasteiger partial charge in [0, 0.05) is 7.05 Å². The molecule has 0 unspecified atom stereocenters. The second-order valence-corrected chi connectivity index (χ2v) is 4.31. The number of nitrogens with zero attached hydrogens (tertiary/aromatic N) is 3. The Balaban J connectivity index is 2.03. The Morgan fingerprint density at radius 3 is 2.81 bits per heavy atom. The zero-order valence-electron chi connectivity index (χ0n) is 9.31. The minimum atomic E-state index is -0.758. The second-order valence-electron chi connectivity index (χ2n) is 4.31. The van der Waals surface area contributed by atoms with Gasteiger partial charge in [0.15, 0.2) is 0 Å². The van der Waals surface area contributed by atoms with E-state index in [0.29, 0.717) is 19.4 Å². The van der Waals surface area contributed by atoms with Gasteiger partial charge >= 0.3 is 5.97 Å². The molecule has 88 valence electrons. The highest BCUT2D eigenvalue weighted by Gasteiger charge is 2.40. The van der Waals surface area contributed by atoms with E-state index < -0.39 is 11.5 Å². The van der Waals surface area contributed by atoms with Crippen LogP contribution in [-0.4, -0.2) is 31.4 Å². The fourth-order valence-corrected chi connectivity index (χ4v) is 2.16. The molecule has 6 nitrogen and oxygen atoms in total. The van der Waals surface area contributed by atoms with E-state index in [0.717, 1.165) is 18.7 Å². The number of rotatable bonds is 4. The van der Waals surface area contributed by atoms with Gasteiger partial charge in [-0.1, -0.05) is 12.8 Å². The Labute approximate surface area is 93.7 Å². The highest BCUT2D eigenvalue weighted by Crippen LogP contribution is 2.30. The molecule has 1 aromatic heterocycles. The van der Waals surface area contributed by atoms with Crippen LogP contribution in [0.1, 0.15) is 31.5 Å². The molecule has 0 radical (unpaired) electrons. The quantitative estimate of drug-likeness (QED) is 0.769. The fourth-order valence-electron chi connectivity index (χ4n) is 2.16. The molecule has 0 aliphatic heterocycles. The molecule has 6 heteroatoms. The van der Waals surface area contributed by atoms with E-state index in [1.54, 1.807) is 10.9 Å². The third-order valence-electron chi connectivity index (χ3n) is 3.26. The minimum absolute atomic E-state index is 0.447. The molecule has 1 aliphatic carbocycles. The number of aryl methyl sites for hydroxylation is 1. The van der Waals surface area contributed by atoms with Gasteiger partial charge in [-0.25, -0.2) is 0 Å². The number of hydrogen-bond donors (Lipinski definition) is 2. The van der Waals surface area contributed by atoms with Crippen LogP contribution >= 0.6 is 0 Å². The Morgan fingerprint density at radius 1 is 1.62 bits per heavy atom. The number of carboxylic acid groups (broad SMARTS) is 1. The zero-order valence-corrected chi connectivity index (χ0v) is 9.31. The van der Waals surface area contributed by atoms with E-state index in [9.17, 15) is 9.90 Å². The van der Waals surface area contributed by atoms with E-state index in [-0.39, 0.29) is 0 Å². The van der Waals surface area contributed by atoms with Crippen molar-refractivity contribution < 1.29 is 9.90 Å². The Kier molecular flexibility index (Phi) is 2.91. The molecule has 0 spiro atoms. The lowest BCUT2D eigenvalue weighted by molar-refractivity contribution is -0.144. The number of carbonyl (C=O) groups is 1. The molecule has 0 aromatic carbocycles. The number of nitrogens with one attached hydrogen (secondary N) is 1. The molecule has 1 heterocycles. The van der Waals surface area contributed by atoms with Crippen LogP contribution in [-0.2, 0) is 18.4 Å².